The van der Waals surface area contributed by atoms with Crippen molar-refractivity contribution in [2.45, 2.75) is 32.5 Å². The first-order valence-corrected chi connectivity index (χ1v) is 11.6. The molecule has 0 bridgehead atoms. The van der Waals surface area contributed by atoms with Gasteiger partial charge in [0.15, 0.2) is 5.82 Å². The molecule has 3 N–H and O–H groups in total. The zero-order valence-corrected chi connectivity index (χ0v) is 19.9. The van der Waals surface area contributed by atoms with E-state index in [1.807, 2.05) is 32.2 Å². The van der Waals surface area contributed by atoms with Crippen molar-refractivity contribution in [3.8, 4) is 6.07 Å². The Kier molecular flexibility index (Phi) is 5.81. The van der Waals surface area contributed by atoms with Crippen LogP contribution in [0.1, 0.15) is 35.5 Å². The Balaban J connectivity index is 1.41. The van der Waals surface area contributed by atoms with Crippen molar-refractivity contribution in [3.63, 3.8) is 0 Å². The molecule has 0 aliphatic carbocycles. The molecule has 3 aromatic rings. The van der Waals surface area contributed by atoms with Crippen LogP contribution in [0.4, 0.5) is 11.6 Å². The number of aromatic nitrogens is 3. The zero-order chi connectivity index (χ0) is 23.9. The van der Waals surface area contributed by atoms with Crippen LogP contribution >= 0.6 is 0 Å². The summed E-state index contributed by atoms with van der Waals surface area (Å²) in [5.74, 6) is 1.53. The number of anilines is 2. The monoisotopic (exact) mass is 458 g/mol. The Morgan fingerprint density at radius 2 is 1.94 bits per heavy atom. The van der Waals surface area contributed by atoms with Crippen LogP contribution in [0, 0.1) is 25.2 Å². The number of nitriles is 1. The van der Waals surface area contributed by atoms with E-state index in [9.17, 15) is 5.26 Å². The van der Waals surface area contributed by atoms with E-state index in [0.717, 1.165) is 72.8 Å². The quantitative estimate of drug-likeness (QED) is 0.556. The number of nitrogens with one attached hydrogen (secondary N) is 1. The van der Waals surface area contributed by atoms with Gasteiger partial charge in [-0.15, -0.1) is 5.10 Å². The lowest BCUT2D eigenvalue weighted by atomic mass is 9.89. The number of rotatable bonds is 5. The third kappa shape index (κ3) is 3.94. The first kappa shape index (κ1) is 22.5. The number of benzene rings is 1. The lowest BCUT2D eigenvalue weighted by Gasteiger charge is -2.55. The van der Waals surface area contributed by atoms with Gasteiger partial charge in [-0.05, 0) is 44.0 Å². The Bertz CT molecular complexity index is 1260. The summed E-state index contributed by atoms with van der Waals surface area (Å²) < 4.78 is 5.52. The highest BCUT2D eigenvalue weighted by atomic mass is 16.5. The molecule has 9 nitrogen and oxygen atoms in total. The standard InChI is InChI=1S/C25H30N8O/c1-16-18(12-26)5-4-6-19(16)23(27)29-24-20-11-22(28-13-21(20)17(2)30-31-24)32-14-25(3,15-32)33-7-9-34-10-8-33/h4-6,11,13,23H,7-10,14-15,27H2,1-3H3,(H,29,31)/t23-/m0/s1. The highest BCUT2D eigenvalue weighted by Gasteiger charge is 2.44. The smallest absolute Gasteiger partial charge is 0.158 e. The number of morpholine rings is 1. The molecule has 0 spiro atoms. The van der Waals surface area contributed by atoms with Gasteiger partial charge in [0.2, 0.25) is 0 Å². The molecule has 0 amide bonds. The van der Waals surface area contributed by atoms with Gasteiger partial charge in [-0.25, -0.2) is 4.98 Å². The fourth-order valence-corrected chi connectivity index (χ4v) is 5.02. The van der Waals surface area contributed by atoms with Crippen LogP contribution < -0.4 is 16.0 Å². The summed E-state index contributed by atoms with van der Waals surface area (Å²) in [7, 11) is 0. The van der Waals surface area contributed by atoms with E-state index in [1.165, 1.54) is 0 Å². The fourth-order valence-electron chi connectivity index (χ4n) is 5.02. The summed E-state index contributed by atoms with van der Waals surface area (Å²) in [6.07, 6.45) is 1.34. The maximum absolute atomic E-state index is 9.36. The molecule has 2 aromatic heterocycles. The molecule has 5 rings (SSSR count). The molecular formula is C25H30N8O. The number of hydrogen-bond donors (Lipinski definition) is 2. The number of fused-ring (bicyclic) bond motifs is 1. The molecule has 0 saturated carbocycles. The SMILES string of the molecule is Cc1c(C#N)cccc1[C@@H](N)Nc1nnc(C)c2cnc(N3CC(C)(N4CCOCC4)C3)cc12. The van der Waals surface area contributed by atoms with Crippen molar-refractivity contribution in [2.24, 2.45) is 5.73 Å². The third-order valence-corrected chi connectivity index (χ3v) is 7.12. The number of aryl methyl sites for hydroxylation is 1. The maximum atomic E-state index is 9.36. The summed E-state index contributed by atoms with van der Waals surface area (Å²) in [4.78, 5) is 9.56. The van der Waals surface area contributed by atoms with Gasteiger partial charge < -0.3 is 20.7 Å². The van der Waals surface area contributed by atoms with E-state index in [4.69, 9.17) is 15.5 Å². The van der Waals surface area contributed by atoms with Crippen molar-refractivity contribution >= 4 is 22.4 Å². The highest BCUT2D eigenvalue weighted by Crippen LogP contribution is 2.34. The van der Waals surface area contributed by atoms with E-state index >= 15 is 0 Å². The minimum absolute atomic E-state index is 0.138. The Labute approximate surface area is 199 Å². The van der Waals surface area contributed by atoms with E-state index in [-0.39, 0.29) is 5.54 Å². The predicted molar refractivity (Wildman–Crippen MR) is 132 cm³/mol. The van der Waals surface area contributed by atoms with Crippen LogP contribution in [-0.2, 0) is 4.74 Å². The first-order valence-electron chi connectivity index (χ1n) is 11.6. The second kappa shape index (κ2) is 8.80. The molecule has 2 fully saturated rings. The maximum Gasteiger partial charge on any atom is 0.158 e. The topological polar surface area (TPSA) is 116 Å². The first-order chi connectivity index (χ1) is 16.4. The van der Waals surface area contributed by atoms with Crippen molar-refractivity contribution in [1.29, 1.82) is 5.26 Å². The molecule has 2 saturated heterocycles. The van der Waals surface area contributed by atoms with Gasteiger partial charge in [0.05, 0.1) is 36.1 Å². The van der Waals surface area contributed by atoms with E-state index < -0.39 is 6.17 Å². The van der Waals surface area contributed by atoms with Crippen molar-refractivity contribution in [3.05, 3.63) is 52.8 Å². The highest BCUT2D eigenvalue weighted by molar-refractivity contribution is 5.94. The normalized spacial score (nSPS) is 18.9. The molecule has 34 heavy (non-hydrogen) atoms. The summed E-state index contributed by atoms with van der Waals surface area (Å²) in [6.45, 7) is 11.5. The molecule has 4 heterocycles. The Hall–Kier alpha value is -3.32. The second-order valence-electron chi connectivity index (χ2n) is 9.43. The average molecular weight is 459 g/mol. The van der Waals surface area contributed by atoms with Gasteiger partial charge in [-0.3, -0.25) is 4.90 Å². The average Bonchev–Trinajstić information content (AvgIpc) is 2.84. The summed E-state index contributed by atoms with van der Waals surface area (Å²) in [6, 6.07) is 9.86. The van der Waals surface area contributed by atoms with Crippen LogP contribution in [0.2, 0.25) is 0 Å². The van der Waals surface area contributed by atoms with Gasteiger partial charge in [0.25, 0.3) is 0 Å². The van der Waals surface area contributed by atoms with E-state index in [2.05, 4.69) is 44.4 Å². The number of nitrogens with two attached hydrogens (primary N) is 1. The summed E-state index contributed by atoms with van der Waals surface area (Å²) in [5, 5.41) is 23.3. The van der Waals surface area contributed by atoms with Gasteiger partial charge in [-0.2, -0.15) is 10.4 Å². The molecule has 9 heteroatoms. The lowest BCUT2D eigenvalue weighted by molar-refractivity contribution is -0.0266. The van der Waals surface area contributed by atoms with Crippen LogP contribution in [0.3, 0.4) is 0 Å². The Morgan fingerprint density at radius 1 is 1.18 bits per heavy atom. The van der Waals surface area contributed by atoms with Gasteiger partial charge in [0.1, 0.15) is 12.0 Å². The minimum Gasteiger partial charge on any atom is -0.379 e. The fraction of sp³-hybridized carbons (Fsp3) is 0.440. The van der Waals surface area contributed by atoms with Crippen molar-refractivity contribution in [2.75, 3.05) is 49.6 Å². The van der Waals surface area contributed by atoms with E-state index in [0.29, 0.717) is 11.4 Å². The summed E-state index contributed by atoms with van der Waals surface area (Å²) in [5.41, 5.74) is 9.79. The largest absolute Gasteiger partial charge is 0.379 e. The molecule has 2 aliphatic rings. The molecule has 176 valence electrons. The lowest BCUT2D eigenvalue weighted by Crippen LogP contribution is -2.70. The molecule has 0 unspecified atom stereocenters. The molecule has 2 aliphatic heterocycles. The van der Waals surface area contributed by atoms with E-state index in [1.54, 1.807) is 6.07 Å². The molecule has 1 atom stereocenters. The van der Waals surface area contributed by atoms with Crippen LogP contribution in [0.5, 0.6) is 0 Å². The van der Waals surface area contributed by atoms with Gasteiger partial charge >= 0.3 is 0 Å². The third-order valence-electron chi connectivity index (χ3n) is 7.12. The molecule has 0 radical (unpaired) electrons. The van der Waals surface area contributed by atoms with Gasteiger partial charge in [-0.1, -0.05) is 12.1 Å². The minimum atomic E-state index is -0.529. The van der Waals surface area contributed by atoms with Crippen molar-refractivity contribution in [1.82, 2.24) is 20.1 Å². The second-order valence-corrected chi connectivity index (χ2v) is 9.43. The molecule has 1 aromatic carbocycles. The van der Waals surface area contributed by atoms with Crippen LogP contribution in [0.15, 0.2) is 30.5 Å². The zero-order valence-electron chi connectivity index (χ0n) is 19.9. The Morgan fingerprint density at radius 3 is 2.68 bits per heavy atom. The number of nitrogens with zero attached hydrogens (tertiary/aromatic N) is 6. The number of pyridine rings is 1. The van der Waals surface area contributed by atoms with Crippen LogP contribution in [-0.4, -0.2) is 65.0 Å². The number of hydrogen-bond acceptors (Lipinski definition) is 9. The predicted octanol–water partition coefficient (Wildman–Crippen LogP) is 2.49. The summed E-state index contributed by atoms with van der Waals surface area (Å²) >= 11 is 0. The number of ether oxygens (including phenoxy) is 1. The van der Waals surface area contributed by atoms with Crippen LogP contribution in [0.25, 0.3) is 10.8 Å². The van der Waals surface area contributed by atoms with Gasteiger partial charge in [0, 0.05) is 43.1 Å². The van der Waals surface area contributed by atoms with Crippen molar-refractivity contribution < 1.29 is 4.74 Å². The molecular weight excluding hydrogens is 428 g/mol.